The summed E-state index contributed by atoms with van der Waals surface area (Å²) < 4.78 is 0. The first kappa shape index (κ1) is 11.8. The van der Waals surface area contributed by atoms with E-state index in [9.17, 15) is 9.90 Å². The van der Waals surface area contributed by atoms with Gasteiger partial charge in [0.05, 0.1) is 5.56 Å². The van der Waals surface area contributed by atoms with Crippen LogP contribution in [0.2, 0.25) is 0 Å². The van der Waals surface area contributed by atoms with Crippen molar-refractivity contribution in [3.8, 4) is 5.75 Å². The second-order valence-electron chi connectivity index (χ2n) is 2.94. The third-order valence-electron chi connectivity index (χ3n) is 1.82. The molecule has 1 aromatic carbocycles. The third kappa shape index (κ3) is 2.88. The molecule has 0 saturated carbocycles. The predicted molar refractivity (Wildman–Crippen MR) is 58.3 cm³/mol. The molecule has 0 aliphatic heterocycles. The highest BCUT2D eigenvalue weighted by Crippen LogP contribution is 2.23. The molecule has 0 bridgehead atoms. The largest absolute Gasteiger partial charge is 0.507 e. The highest BCUT2D eigenvalue weighted by Gasteiger charge is 2.10. The molecule has 1 rings (SSSR count). The van der Waals surface area contributed by atoms with Crippen molar-refractivity contribution in [2.45, 2.75) is 0 Å². The maximum Gasteiger partial charge on any atom is 0.255 e. The zero-order valence-corrected chi connectivity index (χ0v) is 8.42. The highest BCUT2D eigenvalue weighted by atomic mass is 16.3. The summed E-state index contributed by atoms with van der Waals surface area (Å²) in [6, 6.07) is 4.04. The van der Waals surface area contributed by atoms with Crippen molar-refractivity contribution in [1.82, 2.24) is 5.32 Å². The quantitative estimate of drug-likeness (QED) is 0.399. The van der Waals surface area contributed by atoms with Gasteiger partial charge in [0.2, 0.25) is 0 Å². The lowest BCUT2D eigenvalue weighted by Crippen LogP contribution is -2.28. The van der Waals surface area contributed by atoms with Gasteiger partial charge >= 0.3 is 0 Å². The van der Waals surface area contributed by atoms with E-state index in [0.717, 1.165) is 0 Å². The van der Waals surface area contributed by atoms with E-state index < -0.39 is 5.91 Å². The maximum absolute atomic E-state index is 11.5. The lowest BCUT2D eigenvalue weighted by atomic mass is 10.1. The van der Waals surface area contributed by atoms with Gasteiger partial charge in [0.15, 0.2) is 0 Å². The fraction of sp³-hybridized carbons (Fsp3) is 0.222. The zero-order valence-electron chi connectivity index (χ0n) is 8.42. The van der Waals surface area contributed by atoms with Crippen molar-refractivity contribution in [1.29, 1.82) is 0 Å². The summed E-state index contributed by atoms with van der Waals surface area (Å²) in [7, 11) is 0. The lowest BCUT2D eigenvalue weighted by molar-refractivity contribution is 0.0952. The molecule has 0 heterocycles. The van der Waals surface area contributed by atoms with E-state index in [1.54, 1.807) is 0 Å². The third-order valence-corrected chi connectivity index (χ3v) is 1.82. The summed E-state index contributed by atoms with van der Waals surface area (Å²) in [5.41, 5.74) is 13.8. The molecule has 7 nitrogen and oxygen atoms in total. The zero-order chi connectivity index (χ0) is 12.0. The Hall–Kier alpha value is -2.24. The lowest BCUT2D eigenvalue weighted by Gasteiger charge is -2.05. The van der Waals surface area contributed by atoms with Crippen molar-refractivity contribution in [2.75, 3.05) is 13.1 Å². The molecule has 0 aliphatic carbocycles. The van der Waals surface area contributed by atoms with Crippen LogP contribution in [0.1, 0.15) is 10.4 Å². The van der Waals surface area contributed by atoms with Crippen LogP contribution in [0.3, 0.4) is 0 Å². The Morgan fingerprint density at radius 1 is 1.62 bits per heavy atom. The molecule has 0 radical (unpaired) electrons. The fourth-order valence-electron chi connectivity index (χ4n) is 1.11. The number of benzene rings is 1. The Balaban J connectivity index is 2.90. The van der Waals surface area contributed by atoms with Gasteiger partial charge < -0.3 is 16.2 Å². The summed E-state index contributed by atoms with van der Waals surface area (Å²) in [5, 5.41) is 15.3. The minimum absolute atomic E-state index is 0.116. The molecule has 0 saturated heterocycles. The molecule has 16 heavy (non-hydrogen) atoms. The van der Waals surface area contributed by atoms with Crippen LogP contribution in [0.25, 0.3) is 10.4 Å². The molecule has 0 atom stereocenters. The Morgan fingerprint density at radius 2 is 2.38 bits per heavy atom. The average Bonchev–Trinajstić information content (AvgIpc) is 2.26. The number of carbonyl (C=O) groups is 1. The topological polar surface area (TPSA) is 124 Å². The van der Waals surface area contributed by atoms with E-state index in [0.29, 0.717) is 13.1 Å². The van der Waals surface area contributed by atoms with E-state index in [2.05, 4.69) is 15.3 Å². The maximum atomic E-state index is 11.5. The SMILES string of the molecule is [N-]=[N+]=Nc1ccc(C(=O)NCCN)c(O)c1. The standard InChI is InChI=1S/C9H11N5O2/c10-3-4-12-9(16)7-2-1-6(13-14-11)5-8(7)15/h1-2,5,15H,3-4,10H2,(H,12,16). The molecule has 0 aromatic heterocycles. The number of hydrogen-bond acceptors (Lipinski definition) is 4. The van der Waals surface area contributed by atoms with Crippen molar-refractivity contribution >= 4 is 11.6 Å². The minimum atomic E-state index is -0.421. The second kappa shape index (κ2) is 5.59. The molecule has 0 spiro atoms. The minimum Gasteiger partial charge on any atom is -0.507 e. The number of nitrogens with two attached hydrogens (primary N) is 1. The average molecular weight is 221 g/mol. The molecular formula is C9H11N5O2. The molecule has 84 valence electrons. The molecule has 1 aromatic rings. The van der Waals surface area contributed by atoms with Crippen molar-refractivity contribution < 1.29 is 9.90 Å². The Bertz CT molecular complexity index is 440. The molecule has 4 N–H and O–H groups in total. The highest BCUT2D eigenvalue weighted by molar-refractivity contribution is 5.97. The number of hydrogen-bond donors (Lipinski definition) is 3. The Kier molecular flexibility index (Phi) is 4.14. The summed E-state index contributed by atoms with van der Waals surface area (Å²) >= 11 is 0. The van der Waals surface area contributed by atoms with E-state index in [4.69, 9.17) is 11.3 Å². The number of nitrogens with one attached hydrogen (secondary N) is 1. The second-order valence-corrected chi connectivity index (χ2v) is 2.94. The molecule has 0 fully saturated rings. The van der Waals surface area contributed by atoms with Gasteiger partial charge in [0.25, 0.3) is 5.91 Å². The normalized spacial score (nSPS) is 9.31. The van der Waals surface area contributed by atoms with Crippen LogP contribution < -0.4 is 11.1 Å². The first-order valence-electron chi connectivity index (χ1n) is 4.55. The van der Waals surface area contributed by atoms with Gasteiger partial charge in [0, 0.05) is 23.7 Å². The van der Waals surface area contributed by atoms with Gasteiger partial charge in [-0.25, -0.2) is 0 Å². The van der Waals surface area contributed by atoms with Gasteiger partial charge in [-0.2, -0.15) is 0 Å². The molecule has 0 aliphatic rings. The number of nitrogens with zero attached hydrogens (tertiary/aromatic N) is 3. The first-order chi connectivity index (χ1) is 7.69. The molecule has 7 heteroatoms. The summed E-state index contributed by atoms with van der Waals surface area (Å²) in [4.78, 5) is 14.0. The predicted octanol–water partition coefficient (Wildman–Crippen LogP) is 1.02. The van der Waals surface area contributed by atoms with Gasteiger partial charge in [-0.3, -0.25) is 4.79 Å². The Labute approximate surface area is 91.5 Å². The van der Waals surface area contributed by atoms with Crippen LogP contribution in [-0.4, -0.2) is 24.1 Å². The van der Waals surface area contributed by atoms with E-state index >= 15 is 0 Å². The van der Waals surface area contributed by atoms with Gasteiger partial charge in [-0.1, -0.05) is 11.2 Å². The fourth-order valence-corrected chi connectivity index (χ4v) is 1.11. The van der Waals surface area contributed by atoms with Gasteiger partial charge in [-0.15, -0.1) is 0 Å². The molecule has 0 unspecified atom stereocenters. The number of aromatic hydroxyl groups is 1. The van der Waals surface area contributed by atoms with Gasteiger partial charge in [-0.05, 0) is 17.7 Å². The first-order valence-corrected chi connectivity index (χ1v) is 4.55. The monoisotopic (exact) mass is 221 g/mol. The summed E-state index contributed by atoms with van der Waals surface area (Å²) in [6.07, 6.45) is 0. The van der Waals surface area contributed by atoms with Crippen molar-refractivity contribution in [3.05, 3.63) is 34.2 Å². The number of rotatable bonds is 4. The number of phenolic OH excluding ortho intramolecular Hbond substituents is 1. The van der Waals surface area contributed by atoms with Crippen LogP contribution >= 0.6 is 0 Å². The van der Waals surface area contributed by atoms with E-state index in [1.807, 2.05) is 0 Å². The van der Waals surface area contributed by atoms with Crippen LogP contribution in [0.15, 0.2) is 23.3 Å². The smallest absolute Gasteiger partial charge is 0.255 e. The van der Waals surface area contributed by atoms with Crippen LogP contribution in [0.4, 0.5) is 5.69 Å². The van der Waals surface area contributed by atoms with Gasteiger partial charge in [0.1, 0.15) is 5.75 Å². The molecule has 1 amide bonds. The number of carbonyl (C=O) groups excluding carboxylic acids is 1. The summed E-state index contributed by atoms with van der Waals surface area (Å²) in [5.74, 6) is -0.658. The van der Waals surface area contributed by atoms with E-state index in [1.165, 1.54) is 18.2 Å². The van der Waals surface area contributed by atoms with E-state index in [-0.39, 0.29) is 17.0 Å². The summed E-state index contributed by atoms with van der Waals surface area (Å²) in [6.45, 7) is 0.652. The number of phenols is 1. The van der Waals surface area contributed by atoms with Crippen LogP contribution in [0, 0.1) is 0 Å². The van der Waals surface area contributed by atoms with Crippen LogP contribution in [0.5, 0.6) is 5.75 Å². The number of amides is 1. The van der Waals surface area contributed by atoms with Crippen molar-refractivity contribution in [2.24, 2.45) is 10.8 Å². The molecular weight excluding hydrogens is 210 g/mol. The van der Waals surface area contributed by atoms with Crippen LogP contribution in [-0.2, 0) is 0 Å². The Morgan fingerprint density at radius 3 is 2.94 bits per heavy atom. The number of azide groups is 1. The van der Waals surface area contributed by atoms with Crippen molar-refractivity contribution in [3.63, 3.8) is 0 Å².